The molecule has 3 aromatic heterocycles. The van der Waals surface area contributed by atoms with Crippen molar-refractivity contribution in [3.05, 3.63) is 54.1 Å². The summed E-state index contributed by atoms with van der Waals surface area (Å²) in [7, 11) is 0. The molecule has 0 aromatic carbocycles. The van der Waals surface area contributed by atoms with Crippen LogP contribution in [0.4, 0.5) is 4.39 Å². The number of aryl methyl sites for hydroxylation is 1. The molecule has 0 unspecified atom stereocenters. The summed E-state index contributed by atoms with van der Waals surface area (Å²) in [6.45, 7) is 2.88. The molecule has 3 aromatic rings. The van der Waals surface area contributed by atoms with Gasteiger partial charge in [-0.05, 0) is 44.0 Å². The standard InChI is InChI=1S/C19H19FN4O/c1-13-2-3-17(12-21-13)24-9-4-14-10-15(11-22-18(14)24)19(25)23-7-5-16(20)6-8-23/h2-4,9-12,16H,5-8H2,1H3. The van der Waals surface area contributed by atoms with Crippen molar-refractivity contribution in [1.29, 1.82) is 0 Å². The number of rotatable bonds is 2. The molecule has 25 heavy (non-hydrogen) atoms. The Morgan fingerprint density at radius 3 is 2.68 bits per heavy atom. The molecule has 0 bridgehead atoms. The molecule has 1 amide bonds. The van der Waals surface area contributed by atoms with E-state index in [1.165, 1.54) is 0 Å². The van der Waals surface area contributed by atoms with E-state index in [9.17, 15) is 9.18 Å². The van der Waals surface area contributed by atoms with Gasteiger partial charge in [0.2, 0.25) is 0 Å². The molecule has 4 rings (SSSR count). The van der Waals surface area contributed by atoms with E-state index in [0.717, 1.165) is 22.4 Å². The third-order valence-electron chi connectivity index (χ3n) is 4.66. The minimum atomic E-state index is -0.790. The molecule has 0 spiro atoms. The number of aromatic nitrogens is 3. The zero-order valence-electron chi connectivity index (χ0n) is 14.0. The normalized spacial score (nSPS) is 15.7. The number of halogens is 1. The lowest BCUT2D eigenvalue weighted by molar-refractivity contribution is 0.0667. The van der Waals surface area contributed by atoms with Crippen LogP contribution >= 0.6 is 0 Å². The van der Waals surface area contributed by atoms with Crippen LogP contribution in [0.3, 0.4) is 0 Å². The maximum Gasteiger partial charge on any atom is 0.255 e. The van der Waals surface area contributed by atoms with Crippen molar-refractivity contribution in [2.24, 2.45) is 0 Å². The number of likely N-dealkylation sites (tertiary alicyclic amines) is 1. The maximum atomic E-state index is 13.3. The molecule has 4 heterocycles. The summed E-state index contributed by atoms with van der Waals surface area (Å²) in [6.07, 6.45) is 5.37. The Balaban J connectivity index is 1.63. The van der Waals surface area contributed by atoms with E-state index in [2.05, 4.69) is 9.97 Å². The first-order valence-electron chi connectivity index (χ1n) is 8.45. The monoisotopic (exact) mass is 338 g/mol. The fourth-order valence-corrected chi connectivity index (χ4v) is 3.19. The number of carbonyl (C=O) groups is 1. The number of nitrogens with zero attached hydrogens (tertiary/aromatic N) is 4. The first-order chi connectivity index (χ1) is 12.1. The Hall–Kier alpha value is -2.76. The topological polar surface area (TPSA) is 51.0 Å². The fourth-order valence-electron chi connectivity index (χ4n) is 3.19. The van der Waals surface area contributed by atoms with Crippen molar-refractivity contribution in [2.75, 3.05) is 13.1 Å². The third-order valence-corrected chi connectivity index (χ3v) is 4.66. The van der Waals surface area contributed by atoms with Crippen LogP contribution in [-0.4, -0.2) is 44.6 Å². The smallest absolute Gasteiger partial charge is 0.255 e. The minimum absolute atomic E-state index is 0.0777. The number of pyridine rings is 2. The molecule has 1 aliphatic heterocycles. The predicted octanol–water partition coefficient (Wildman–Crippen LogP) is 3.30. The highest BCUT2D eigenvalue weighted by atomic mass is 19.1. The van der Waals surface area contributed by atoms with E-state index in [-0.39, 0.29) is 5.91 Å². The van der Waals surface area contributed by atoms with Gasteiger partial charge in [-0.3, -0.25) is 14.3 Å². The summed E-state index contributed by atoms with van der Waals surface area (Å²) in [5.74, 6) is -0.0777. The summed E-state index contributed by atoms with van der Waals surface area (Å²) in [6, 6.07) is 7.73. The SMILES string of the molecule is Cc1ccc(-n2ccc3cc(C(=O)N4CCC(F)CC4)cnc32)cn1. The molecule has 0 radical (unpaired) electrons. The van der Waals surface area contributed by atoms with Crippen molar-refractivity contribution in [3.8, 4) is 5.69 Å². The van der Waals surface area contributed by atoms with Crippen LogP contribution in [0.15, 0.2) is 42.9 Å². The Morgan fingerprint density at radius 2 is 1.96 bits per heavy atom. The van der Waals surface area contributed by atoms with Crippen molar-refractivity contribution in [3.63, 3.8) is 0 Å². The van der Waals surface area contributed by atoms with Gasteiger partial charge >= 0.3 is 0 Å². The number of hydrogen-bond donors (Lipinski definition) is 0. The van der Waals surface area contributed by atoms with Crippen molar-refractivity contribution < 1.29 is 9.18 Å². The Labute approximate surface area is 145 Å². The Kier molecular flexibility index (Phi) is 3.95. The van der Waals surface area contributed by atoms with Crippen LogP contribution in [0.5, 0.6) is 0 Å². The number of carbonyl (C=O) groups excluding carboxylic acids is 1. The number of fused-ring (bicyclic) bond motifs is 1. The van der Waals surface area contributed by atoms with Gasteiger partial charge in [0.15, 0.2) is 0 Å². The van der Waals surface area contributed by atoms with Gasteiger partial charge in [-0.1, -0.05) is 0 Å². The number of piperidine rings is 1. The minimum Gasteiger partial charge on any atom is -0.338 e. The summed E-state index contributed by atoms with van der Waals surface area (Å²) < 4.78 is 15.2. The zero-order chi connectivity index (χ0) is 17.4. The molecular weight excluding hydrogens is 319 g/mol. The highest BCUT2D eigenvalue weighted by Gasteiger charge is 2.23. The second-order valence-electron chi connectivity index (χ2n) is 6.45. The van der Waals surface area contributed by atoms with Gasteiger partial charge in [-0.15, -0.1) is 0 Å². The maximum absolute atomic E-state index is 13.3. The molecule has 128 valence electrons. The van der Waals surface area contributed by atoms with Crippen molar-refractivity contribution >= 4 is 16.9 Å². The molecule has 1 saturated heterocycles. The van der Waals surface area contributed by atoms with Crippen molar-refractivity contribution in [2.45, 2.75) is 25.9 Å². The van der Waals surface area contributed by atoms with Gasteiger partial charge in [0.25, 0.3) is 5.91 Å². The van der Waals surface area contributed by atoms with Crippen LogP contribution in [0, 0.1) is 6.92 Å². The number of amides is 1. The quantitative estimate of drug-likeness (QED) is 0.720. The Morgan fingerprint density at radius 1 is 1.16 bits per heavy atom. The van der Waals surface area contributed by atoms with Crippen LogP contribution in [0.25, 0.3) is 16.7 Å². The number of hydrogen-bond acceptors (Lipinski definition) is 3. The van der Waals surface area contributed by atoms with E-state index < -0.39 is 6.17 Å². The summed E-state index contributed by atoms with van der Waals surface area (Å²) >= 11 is 0. The van der Waals surface area contributed by atoms with E-state index in [1.54, 1.807) is 17.3 Å². The molecule has 0 aliphatic carbocycles. The van der Waals surface area contributed by atoms with Crippen LogP contribution < -0.4 is 0 Å². The summed E-state index contributed by atoms with van der Waals surface area (Å²) in [5.41, 5.74) is 3.21. The lowest BCUT2D eigenvalue weighted by atomic mass is 10.1. The van der Waals surface area contributed by atoms with E-state index in [4.69, 9.17) is 0 Å². The molecule has 1 aliphatic rings. The average Bonchev–Trinajstić information content (AvgIpc) is 3.05. The van der Waals surface area contributed by atoms with Crippen LogP contribution in [0.2, 0.25) is 0 Å². The van der Waals surface area contributed by atoms with Gasteiger partial charge in [0, 0.05) is 36.6 Å². The highest BCUT2D eigenvalue weighted by molar-refractivity contribution is 5.97. The van der Waals surface area contributed by atoms with Crippen LogP contribution in [-0.2, 0) is 0 Å². The van der Waals surface area contributed by atoms with E-state index >= 15 is 0 Å². The van der Waals surface area contributed by atoms with E-state index in [1.807, 2.05) is 42.0 Å². The van der Waals surface area contributed by atoms with Gasteiger partial charge in [-0.25, -0.2) is 9.37 Å². The fraction of sp³-hybridized carbons (Fsp3) is 0.316. The Bertz CT molecular complexity index is 911. The van der Waals surface area contributed by atoms with Gasteiger partial charge in [-0.2, -0.15) is 0 Å². The van der Waals surface area contributed by atoms with Gasteiger partial charge in [0.1, 0.15) is 11.8 Å². The van der Waals surface area contributed by atoms with Crippen LogP contribution in [0.1, 0.15) is 28.9 Å². The molecule has 0 N–H and O–H groups in total. The van der Waals surface area contributed by atoms with Gasteiger partial charge < -0.3 is 4.90 Å². The third kappa shape index (κ3) is 2.99. The van der Waals surface area contributed by atoms with Crippen molar-refractivity contribution in [1.82, 2.24) is 19.4 Å². The molecule has 0 atom stereocenters. The van der Waals surface area contributed by atoms with Gasteiger partial charge in [0.05, 0.1) is 17.4 Å². The second kappa shape index (κ2) is 6.27. The second-order valence-corrected chi connectivity index (χ2v) is 6.45. The molecule has 0 saturated carbocycles. The molecule has 5 nitrogen and oxygen atoms in total. The number of alkyl halides is 1. The first-order valence-corrected chi connectivity index (χ1v) is 8.45. The summed E-state index contributed by atoms with van der Waals surface area (Å²) in [5, 5.41) is 0.895. The largest absolute Gasteiger partial charge is 0.338 e. The average molecular weight is 338 g/mol. The zero-order valence-corrected chi connectivity index (χ0v) is 14.0. The lowest BCUT2D eigenvalue weighted by Crippen LogP contribution is -2.39. The highest BCUT2D eigenvalue weighted by Crippen LogP contribution is 2.21. The molecular formula is C19H19FN4O. The molecule has 6 heteroatoms. The lowest BCUT2D eigenvalue weighted by Gasteiger charge is -2.28. The summed E-state index contributed by atoms with van der Waals surface area (Å²) in [4.78, 5) is 23.1. The predicted molar refractivity (Wildman–Crippen MR) is 93.6 cm³/mol. The molecule has 1 fully saturated rings. The first kappa shape index (κ1) is 15.7. The van der Waals surface area contributed by atoms with E-state index in [0.29, 0.717) is 31.5 Å².